The fourth-order valence-electron chi connectivity index (χ4n) is 1.27. The SMILES string of the molecule is CC(=O)c1[se]c2ccccc2c1O. The number of aromatic hydroxyl groups is 1. The van der Waals surface area contributed by atoms with Gasteiger partial charge in [-0.25, -0.2) is 0 Å². The summed E-state index contributed by atoms with van der Waals surface area (Å²) in [4.78, 5) is 11.1. The summed E-state index contributed by atoms with van der Waals surface area (Å²) >= 11 is -0.00743. The molecule has 0 aliphatic rings. The molecule has 66 valence electrons. The Kier molecular flexibility index (Phi) is 1.98. The molecule has 0 aliphatic heterocycles. The van der Waals surface area contributed by atoms with Crippen molar-refractivity contribution in [2.24, 2.45) is 0 Å². The van der Waals surface area contributed by atoms with Crippen molar-refractivity contribution >= 4 is 29.9 Å². The van der Waals surface area contributed by atoms with Crippen molar-refractivity contribution in [2.45, 2.75) is 6.92 Å². The Morgan fingerprint density at radius 2 is 2.08 bits per heavy atom. The van der Waals surface area contributed by atoms with Crippen molar-refractivity contribution in [1.29, 1.82) is 0 Å². The maximum absolute atomic E-state index is 11.1. The minimum absolute atomic E-state index is 0.00743. The molecule has 3 heteroatoms. The molecule has 1 aromatic carbocycles. The Hall–Kier alpha value is -1.05. The molecule has 0 amide bonds. The maximum atomic E-state index is 11.1. The van der Waals surface area contributed by atoms with Crippen LogP contribution >= 0.6 is 0 Å². The number of rotatable bonds is 1. The second kappa shape index (κ2) is 3.02. The number of Topliss-reactive ketones (excluding diaryl/α,β-unsaturated/α-hetero) is 1. The van der Waals surface area contributed by atoms with Crippen molar-refractivity contribution < 1.29 is 9.90 Å². The van der Waals surface area contributed by atoms with E-state index in [-0.39, 0.29) is 26.0 Å². The zero-order chi connectivity index (χ0) is 9.42. The standard InChI is InChI=1S/C10H8O2Se/c1-6(11)10-9(12)7-4-2-3-5-8(7)13-10/h2-5,12H,1H3. The number of ketones is 1. The average Bonchev–Trinajstić information content (AvgIpc) is 2.45. The number of benzene rings is 1. The van der Waals surface area contributed by atoms with Crippen LogP contribution in [-0.4, -0.2) is 25.4 Å². The Labute approximate surface area is 81.6 Å². The first-order chi connectivity index (χ1) is 6.20. The predicted octanol–water partition coefficient (Wildman–Crippen LogP) is 1.81. The Balaban J connectivity index is 2.81. The molecule has 0 atom stereocenters. The summed E-state index contributed by atoms with van der Waals surface area (Å²) in [5.74, 6) is 0.164. The molecule has 2 aromatic rings. The summed E-state index contributed by atoms with van der Waals surface area (Å²) in [6.07, 6.45) is 0. The second-order valence-electron chi connectivity index (χ2n) is 2.83. The van der Waals surface area contributed by atoms with Crippen LogP contribution in [0.1, 0.15) is 16.2 Å². The van der Waals surface area contributed by atoms with Crippen LogP contribution in [0, 0.1) is 0 Å². The molecular weight excluding hydrogens is 231 g/mol. The van der Waals surface area contributed by atoms with E-state index in [4.69, 9.17) is 0 Å². The van der Waals surface area contributed by atoms with Gasteiger partial charge in [0.05, 0.1) is 0 Å². The van der Waals surface area contributed by atoms with E-state index >= 15 is 0 Å². The molecule has 0 spiro atoms. The number of fused-ring (bicyclic) bond motifs is 1. The quantitative estimate of drug-likeness (QED) is 0.608. The van der Waals surface area contributed by atoms with Gasteiger partial charge in [-0.2, -0.15) is 0 Å². The van der Waals surface area contributed by atoms with E-state index in [9.17, 15) is 9.90 Å². The Bertz CT molecular complexity index is 471. The first-order valence-electron chi connectivity index (χ1n) is 3.91. The van der Waals surface area contributed by atoms with Gasteiger partial charge >= 0.3 is 81.2 Å². The molecule has 0 bridgehead atoms. The van der Waals surface area contributed by atoms with Gasteiger partial charge in [0.15, 0.2) is 0 Å². The van der Waals surface area contributed by atoms with Crippen molar-refractivity contribution in [3.05, 3.63) is 28.7 Å². The number of hydrogen-bond donors (Lipinski definition) is 1. The van der Waals surface area contributed by atoms with Crippen LogP contribution in [-0.2, 0) is 0 Å². The van der Waals surface area contributed by atoms with E-state index in [0.717, 1.165) is 9.65 Å². The third-order valence-electron chi connectivity index (χ3n) is 1.89. The summed E-state index contributed by atoms with van der Waals surface area (Å²) in [5.41, 5.74) is 0. The molecule has 0 saturated heterocycles. The van der Waals surface area contributed by atoms with Gasteiger partial charge in [0.2, 0.25) is 0 Å². The van der Waals surface area contributed by atoms with Crippen LogP contribution in [0.3, 0.4) is 0 Å². The van der Waals surface area contributed by atoms with Gasteiger partial charge in [-0.3, -0.25) is 0 Å². The average molecular weight is 239 g/mol. The first-order valence-corrected chi connectivity index (χ1v) is 5.63. The number of carbonyl (C=O) groups excluding carboxylic acids is 1. The first kappa shape index (κ1) is 8.54. The van der Waals surface area contributed by atoms with Gasteiger partial charge in [0.25, 0.3) is 0 Å². The van der Waals surface area contributed by atoms with Crippen molar-refractivity contribution in [3.8, 4) is 5.75 Å². The van der Waals surface area contributed by atoms with Gasteiger partial charge in [-0.15, -0.1) is 0 Å². The zero-order valence-electron chi connectivity index (χ0n) is 7.07. The molecular formula is C10H8O2Se. The molecule has 1 aromatic heterocycles. The second-order valence-corrected chi connectivity index (χ2v) is 5.04. The predicted molar refractivity (Wildman–Crippen MR) is 52.6 cm³/mol. The Morgan fingerprint density at radius 1 is 1.38 bits per heavy atom. The molecule has 1 N–H and O–H groups in total. The molecule has 0 aliphatic carbocycles. The van der Waals surface area contributed by atoms with Crippen LogP contribution in [0.15, 0.2) is 24.3 Å². The van der Waals surface area contributed by atoms with E-state index in [1.54, 1.807) is 0 Å². The van der Waals surface area contributed by atoms with Crippen LogP contribution < -0.4 is 0 Å². The molecule has 2 rings (SSSR count). The van der Waals surface area contributed by atoms with E-state index in [1.165, 1.54) is 6.92 Å². The summed E-state index contributed by atoms with van der Waals surface area (Å²) < 4.78 is 1.69. The van der Waals surface area contributed by atoms with Gasteiger partial charge in [-0.05, 0) is 0 Å². The van der Waals surface area contributed by atoms with E-state index < -0.39 is 0 Å². The van der Waals surface area contributed by atoms with E-state index in [1.807, 2.05) is 24.3 Å². The van der Waals surface area contributed by atoms with Gasteiger partial charge in [0, 0.05) is 0 Å². The van der Waals surface area contributed by atoms with Crippen LogP contribution in [0.2, 0.25) is 0 Å². The summed E-state index contributed by atoms with van der Waals surface area (Å²) in [6.45, 7) is 1.50. The molecule has 0 radical (unpaired) electrons. The molecule has 0 saturated carbocycles. The zero-order valence-corrected chi connectivity index (χ0v) is 8.79. The van der Waals surface area contributed by atoms with Crippen molar-refractivity contribution in [3.63, 3.8) is 0 Å². The van der Waals surface area contributed by atoms with E-state index in [2.05, 4.69) is 0 Å². The third-order valence-corrected chi connectivity index (χ3v) is 4.53. The molecule has 13 heavy (non-hydrogen) atoms. The van der Waals surface area contributed by atoms with Crippen molar-refractivity contribution in [2.75, 3.05) is 0 Å². The van der Waals surface area contributed by atoms with Crippen molar-refractivity contribution in [1.82, 2.24) is 0 Å². The summed E-state index contributed by atoms with van der Waals surface area (Å²) in [5, 5.41) is 10.5. The fourth-order valence-corrected chi connectivity index (χ4v) is 3.35. The van der Waals surface area contributed by atoms with Gasteiger partial charge in [-0.1, -0.05) is 0 Å². The van der Waals surface area contributed by atoms with Gasteiger partial charge in [0.1, 0.15) is 0 Å². The molecule has 0 unspecified atom stereocenters. The topological polar surface area (TPSA) is 37.3 Å². The van der Waals surface area contributed by atoms with Crippen LogP contribution in [0.5, 0.6) is 5.75 Å². The van der Waals surface area contributed by atoms with Gasteiger partial charge < -0.3 is 0 Å². The molecule has 0 fully saturated rings. The summed E-state index contributed by atoms with van der Waals surface area (Å²) in [7, 11) is 0. The van der Waals surface area contributed by atoms with E-state index in [0.29, 0.717) is 4.44 Å². The normalized spacial score (nSPS) is 10.5. The third kappa shape index (κ3) is 1.30. The van der Waals surface area contributed by atoms with Crippen LogP contribution in [0.4, 0.5) is 0 Å². The minimum atomic E-state index is -0.0197. The number of carbonyl (C=O) groups is 1. The number of hydrogen-bond acceptors (Lipinski definition) is 2. The fraction of sp³-hybridized carbons (Fsp3) is 0.100. The monoisotopic (exact) mass is 240 g/mol. The Morgan fingerprint density at radius 3 is 2.69 bits per heavy atom. The molecule has 1 heterocycles. The summed E-state index contributed by atoms with van der Waals surface area (Å²) in [6, 6.07) is 7.61. The van der Waals surface area contributed by atoms with Crippen LogP contribution in [0.25, 0.3) is 9.65 Å². The molecule has 2 nitrogen and oxygen atoms in total.